The van der Waals surface area contributed by atoms with Gasteiger partial charge in [-0.25, -0.2) is 0 Å². The Bertz CT molecular complexity index is 4310. The summed E-state index contributed by atoms with van der Waals surface area (Å²) in [6.45, 7) is 20.9. The van der Waals surface area contributed by atoms with Gasteiger partial charge >= 0.3 is 0 Å². The first-order chi connectivity index (χ1) is 37.6. The van der Waals surface area contributed by atoms with Crippen molar-refractivity contribution >= 4 is 71.2 Å². The van der Waals surface area contributed by atoms with Crippen LogP contribution >= 0.6 is 0 Å². The van der Waals surface area contributed by atoms with Crippen molar-refractivity contribution in [1.82, 2.24) is 4.57 Å². The van der Waals surface area contributed by atoms with E-state index >= 15 is 0 Å². The average molecular weight is 1010 g/mol. The number of rotatable bonds is 8. The van der Waals surface area contributed by atoms with E-state index in [0.29, 0.717) is 0 Å². The summed E-state index contributed by atoms with van der Waals surface area (Å²) in [6, 6.07) is 89.0. The number of para-hydroxylation sites is 2. The maximum absolute atomic E-state index is 2.52. The van der Waals surface area contributed by atoms with E-state index in [2.05, 4.69) is 308 Å². The molecule has 0 N–H and O–H groups in total. The summed E-state index contributed by atoms with van der Waals surface area (Å²) in [6.07, 6.45) is 0. The van der Waals surface area contributed by atoms with Crippen molar-refractivity contribution in [3.63, 3.8) is 0 Å². The monoisotopic (exact) mass is 1010 g/mol. The lowest BCUT2D eigenvalue weighted by molar-refractivity contribution is 0.569. The lowest BCUT2D eigenvalue weighted by Crippen LogP contribution is -2.16. The molecule has 2 heteroatoms. The molecule has 1 heterocycles. The second kappa shape index (κ2) is 18.5. The van der Waals surface area contributed by atoms with Crippen LogP contribution in [0, 0.1) is 0 Å². The SMILES string of the molecule is CC(C)(C)c1cc(-c2ccccc2-c2ccccc2)cc(N(c2ccc(-c3ccc(-c4cc(C(C)(C)C)cc(C(C)(C)C)c4)cc3)cc2)c2ccc3ccc4c(-n5c6ccccc6c6ccccc65)ccc5ccc2c3c54)c1. The molecule has 0 spiro atoms. The highest BCUT2D eigenvalue weighted by Gasteiger charge is 2.26. The lowest BCUT2D eigenvalue weighted by atomic mass is 9.79. The van der Waals surface area contributed by atoms with Crippen molar-refractivity contribution in [2.24, 2.45) is 0 Å². The largest absolute Gasteiger partial charge is 0.310 e. The van der Waals surface area contributed by atoms with Gasteiger partial charge in [-0.2, -0.15) is 0 Å². The molecule has 0 radical (unpaired) electrons. The molecule has 2 nitrogen and oxygen atoms in total. The highest BCUT2D eigenvalue weighted by Crippen LogP contribution is 2.48. The molecule has 0 aliphatic rings. The molecule has 0 atom stereocenters. The molecular weight excluding hydrogens is 941 g/mol. The Kier molecular flexibility index (Phi) is 11.6. The van der Waals surface area contributed by atoms with E-state index in [1.807, 2.05) is 0 Å². The molecule has 78 heavy (non-hydrogen) atoms. The van der Waals surface area contributed by atoms with Crippen molar-refractivity contribution in [3.8, 4) is 50.2 Å². The van der Waals surface area contributed by atoms with Crippen LogP contribution in [0.5, 0.6) is 0 Å². The van der Waals surface area contributed by atoms with Gasteiger partial charge in [0, 0.05) is 32.9 Å². The number of nitrogens with zero attached hydrogens (tertiary/aromatic N) is 2. The minimum absolute atomic E-state index is 0.0450. The smallest absolute Gasteiger partial charge is 0.0541 e. The Hall–Kier alpha value is -8.72. The molecule has 0 fully saturated rings. The summed E-state index contributed by atoms with van der Waals surface area (Å²) < 4.78 is 2.47. The summed E-state index contributed by atoms with van der Waals surface area (Å²) in [5.74, 6) is 0. The molecule has 0 amide bonds. The van der Waals surface area contributed by atoms with E-state index in [1.165, 1.54) is 121 Å². The minimum Gasteiger partial charge on any atom is -0.310 e. The van der Waals surface area contributed by atoms with Crippen LogP contribution in [0.25, 0.3) is 104 Å². The number of hydrogen-bond acceptors (Lipinski definition) is 1. The first-order valence-electron chi connectivity index (χ1n) is 27.7. The first-order valence-corrected chi connectivity index (χ1v) is 27.7. The van der Waals surface area contributed by atoms with Crippen molar-refractivity contribution < 1.29 is 0 Å². The van der Waals surface area contributed by atoms with Crippen LogP contribution in [0.2, 0.25) is 0 Å². The molecule has 13 rings (SSSR count). The molecule has 12 aromatic carbocycles. The number of aromatic nitrogens is 1. The van der Waals surface area contributed by atoms with Crippen molar-refractivity contribution in [2.45, 2.75) is 78.6 Å². The van der Waals surface area contributed by atoms with Gasteiger partial charge in [-0.05, 0) is 148 Å². The maximum Gasteiger partial charge on any atom is 0.0541 e. The zero-order valence-corrected chi connectivity index (χ0v) is 46.4. The number of anilines is 3. The van der Waals surface area contributed by atoms with E-state index < -0.39 is 0 Å². The summed E-state index contributed by atoms with van der Waals surface area (Å²) >= 11 is 0. The second-order valence-electron chi connectivity index (χ2n) is 24.7. The predicted molar refractivity (Wildman–Crippen MR) is 337 cm³/mol. The van der Waals surface area contributed by atoms with Crippen LogP contribution in [-0.2, 0) is 16.2 Å². The van der Waals surface area contributed by atoms with Gasteiger partial charge in [0.1, 0.15) is 0 Å². The lowest BCUT2D eigenvalue weighted by Gasteiger charge is -2.31. The fourth-order valence-corrected chi connectivity index (χ4v) is 12.0. The summed E-state index contributed by atoms with van der Waals surface area (Å²) in [4.78, 5) is 2.52. The molecule has 0 unspecified atom stereocenters. The van der Waals surface area contributed by atoms with E-state index in [-0.39, 0.29) is 16.2 Å². The topological polar surface area (TPSA) is 8.17 Å². The molecule has 0 aliphatic carbocycles. The zero-order valence-electron chi connectivity index (χ0n) is 46.4. The van der Waals surface area contributed by atoms with E-state index in [4.69, 9.17) is 0 Å². The highest BCUT2D eigenvalue weighted by atomic mass is 15.1. The van der Waals surface area contributed by atoms with Crippen LogP contribution in [0.1, 0.15) is 79.0 Å². The molecule has 0 aliphatic heterocycles. The molecule has 0 bridgehead atoms. The first kappa shape index (κ1) is 48.9. The third-order valence-electron chi connectivity index (χ3n) is 16.4. The third kappa shape index (κ3) is 8.52. The number of hydrogen-bond donors (Lipinski definition) is 0. The van der Waals surface area contributed by atoms with Gasteiger partial charge in [0.2, 0.25) is 0 Å². The highest BCUT2D eigenvalue weighted by molar-refractivity contribution is 6.27. The Morgan fingerprint density at radius 3 is 1.33 bits per heavy atom. The second-order valence-corrected chi connectivity index (χ2v) is 24.7. The van der Waals surface area contributed by atoms with Crippen LogP contribution in [0.4, 0.5) is 17.1 Å². The fraction of sp³-hybridized carbons (Fsp3) is 0.158. The average Bonchev–Trinajstić information content (AvgIpc) is 3.79. The van der Waals surface area contributed by atoms with E-state index in [9.17, 15) is 0 Å². The molecule has 13 aromatic rings. The van der Waals surface area contributed by atoms with Gasteiger partial charge in [-0.15, -0.1) is 0 Å². The standard InChI is InChI=1S/C76H66N2/c1-74(2,3)57-43-55(44-58(47-57)75(4,5)6)51-29-27-49(28-30-51)50-31-37-60(38-32-50)77(61-46-56(45-59(48-61)76(7,8)9)63-22-14-13-21-62(63)52-19-11-10-12-20-52)70-41-35-53-34-40-67-71(42-36-54-33-39-66(70)72(53)73(54)67)78-68-25-17-15-23-64(68)65-24-16-18-26-69(65)78/h10-48H,1-9H3. The van der Waals surface area contributed by atoms with E-state index in [1.54, 1.807) is 0 Å². The quantitative estimate of drug-likeness (QED) is 0.138. The van der Waals surface area contributed by atoms with Gasteiger partial charge in [0.15, 0.2) is 0 Å². The maximum atomic E-state index is 2.52. The Labute approximate surface area is 460 Å². The van der Waals surface area contributed by atoms with Crippen molar-refractivity contribution in [2.75, 3.05) is 4.90 Å². The van der Waals surface area contributed by atoms with Crippen molar-refractivity contribution in [1.29, 1.82) is 0 Å². The van der Waals surface area contributed by atoms with Crippen LogP contribution < -0.4 is 4.90 Å². The van der Waals surface area contributed by atoms with E-state index in [0.717, 1.165) is 17.1 Å². The molecular formula is C76H66N2. The Morgan fingerprint density at radius 1 is 0.295 bits per heavy atom. The zero-order chi connectivity index (χ0) is 53.7. The number of fused-ring (bicyclic) bond motifs is 3. The fourth-order valence-electron chi connectivity index (χ4n) is 12.0. The normalized spacial score (nSPS) is 12.4. The third-order valence-corrected chi connectivity index (χ3v) is 16.4. The number of benzene rings is 12. The van der Waals surface area contributed by atoms with Crippen molar-refractivity contribution in [3.05, 3.63) is 253 Å². The van der Waals surface area contributed by atoms with Crippen LogP contribution in [-0.4, -0.2) is 4.57 Å². The summed E-state index contributed by atoms with van der Waals surface area (Å²) in [7, 11) is 0. The van der Waals surface area contributed by atoms with Crippen LogP contribution in [0.15, 0.2) is 237 Å². The minimum atomic E-state index is -0.137. The van der Waals surface area contributed by atoms with Gasteiger partial charge in [-0.3, -0.25) is 0 Å². The summed E-state index contributed by atoms with van der Waals surface area (Å²) in [5.41, 5.74) is 20.6. The Balaban J connectivity index is 0.997. The molecule has 0 saturated heterocycles. The van der Waals surface area contributed by atoms with Gasteiger partial charge in [0.25, 0.3) is 0 Å². The summed E-state index contributed by atoms with van der Waals surface area (Å²) in [5, 5.41) is 9.99. The predicted octanol–water partition coefficient (Wildman–Crippen LogP) is 21.7. The van der Waals surface area contributed by atoms with Gasteiger partial charge < -0.3 is 9.47 Å². The molecule has 0 saturated carbocycles. The molecule has 380 valence electrons. The van der Waals surface area contributed by atoms with Crippen LogP contribution in [0.3, 0.4) is 0 Å². The van der Waals surface area contributed by atoms with Gasteiger partial charge in [0.05, 0.1) is 22.4 Å². The Morgan fingerprint density at radius 2 is 0.744 bits per heavy atom. The van der Waals surface area contributed by atoms with Gasteiger partial charge in [-0.1, -0.05) is 250 Å². The molecule has 1 aromatic heterocycles.